The predicted molar refractivity (Wildman–Crippen MR) is 61.9 cm³/mol. The Bertz CT molecular complexity index is 255. The van der Waals surface area contributed by atoms with Crippen LogP contribution in [0.5, 0.6) is 0 Å². The van der Waals surface area contributed by atoms with Crippen LogP contribution in [0.3, 0.4) is 0 Å². The van der Waals surface area contributed by atoms with Crippen LogP contribution in [0.4, 0.5) is 0 Å². The van der Waals surface area contributed by atoms with E-state index >= 15 is 0 Å². The predicted octanol–water partition coefficient (Wildman–Crippen LogP) is 1.33. The monoisotopic (exact) mass is 229 g/mol. The Morgan fingerprint density at radius 2 is 1.94 bits per heavy atom. The van der Waals surface area contributed by atoms with Crippen molar-refractivity contribution < 1.29 is 14.3 Å². The molecule has 0 heterocycles. The van der Waals surface area contributed by atoms with Gasteiger partial charge in [0.25, 0.3) is 0 Å². The normalized spacial score (nSPS) is 20.3. The van der Waals surface area contributed by atoms with E-state index in [1.165, 1.54) is 7.11 Å². The van der Waals surface area contributed by atoms with Crippen LogP contribution >= 0.6 is 0 Å². The maximum atomic E-state index is 11.5. The molecule has 0 amide bonds. The van der Waals surface area contributed by atoms with Crippen LogP contribution < -0.4 is 5.73 Å². The molecule has 4 heteroatoms. The summed E-state index contributed by atoms with van der Waals surface area (Å²) in [6.45, 7) is 4.44. The average molecular weight is 229 g/mol. The fourth-order valence-electron chi connectivity index (χ4n) is 2.48. The van der Waals surface area contributed by atoms with Crippen molar-refractivity contribution in [3.63, 3.8) is 0 Å². The topological polar surface area (TPSA) is 61.5 Å². The van der Waals surface area contributed by atoms with Gasteiger partial charge in [0.05, 0.1) is 20.1 Å². The van der Waals surface area contributed by atoms with Gasteiger partial charge in [-0.3, -0.25) is 4.79 Å². The lowest BCUT2D eigenvalue weighted by atomic mass is 9.66. The van der Waals surface area contributed by atoms with Crippen LogP contribution in [-0.2, 0) is 14.3 Å². The van der Waals surface area contributed by atoms with E-state index in [1.807, 2.05) is 13.8 Å². The first-order valence-electron chi connectivity index (χ1n) is 5.72. The van der Waals surface area contributed by atoms with Gasteiger partial charge in [-0.25, -0.2) is 0 Å². The highest BCUT2D eigenvalue weighted by Crippen LogP contribution is 2.53. The van der Waals surface area contributed by atoms with Crippen molar-refractivity contribution in [2.45, 2.75) is 38.6 Å². The molecule has 0 spiro atoms. The van der Waals surface area contributed by atoms with E-state index in [2.05, 4.69) is 0 Å². The van der Waals surface area contributed by atoms with E-state index in [1.54, 1.807) is 7.11 Å². The summed E-state index contributed by atoms with van der Waals surface area (Å²) in [4.78, 5) is 11.5. The number of carbonyl (C=O) groups excluding carboxylic acids is 1. The molecule has 4 nitrogen and oxygen atoms in total. The van der Waals surface area contributed by atoms with Gasteiger partial charge < -0.3 is 15.2 Å². The number of esters is 1. The Labute approximate surface area is 97.5 Å². The quantitative estimate of drug-likeness (QED) is 0.698. The minimum Gasteiger partial charge on any atom is -0.469 e. The zero-order chi connectivity index (χ0) is 12.4. The zero-order valence-corrected chi connectivity index (χ0v) is 10.7. The molecular weight excluding hydrogens is 206 g/mol. The summed E-state index contributed by atoms with van der Waals surface area (Å²) in [6.07, 6.45) is 2.59. The number of nitrogens with two attached hydrogens (primary N) is 1. The molecule has 1 unspecified atom stereocenters. The first kappa shape index (κ1) is 13.5. The molecule has 1 fully saturated rings. The second-order valence-electron chi connectivity index (χ2n) is 5.34. The third-order valence-corrected chi connectivity index (χ3v) is 3.73. The van der Waals surface area contributed by atoms with E-state index in [9.17, 15) is 4.79 Å². The molecule has 0 saturated heterocycles. The van der Waals surface area contributed by atoms with E-state index in [4.69, 9.17) is 15.2 Å². The van der Waals surface area contributed by atoms with E-state index in [0.29, 0.717) is 18.9 Å². The van der Waals surface area contributed by atoms with Crippen molar-refractivity contribution in [3.8, 4) is 0 Å². The first-order valence-corrected chi connectivity index (χ1v) is 5.72. The van der Waals surface area contributed by atoms with E-state index < -0.39 is 5.54 Å². The largest absolute Gasteiger partial charge is 0.469 e. The minimum absolute atomic E-state index is 0.206. The van der Waals surface area contributed by atoms with Crippen molar-refractivity contribution in [3.05, 3.63) is 0 Å². The highest BCUT2D eigenvalue weighted by Gasteiger charge is 2.54. The van der Waals surface area contributed by atoms with E-state index in [0.717, 1.165) is 12.8 Å². The third kappa shape index (κ3) is 2.55. The van der Waals surface area contributed by atoms with Gasteiger partial charge in [-0.2, -0.15) is 0 Å². The average Bonchev–Trinajstić information content (AvgIpc) is 2.98. The fourth-order valence-corrected chi connectivity index (χ4v) is 2.48. The van der Waals surface area contributed by atoms with Crippen molar-refractivity contribution >= 4 is 5.97 Å². The van der Waals surface area contributed by atoms with Crippen LogP contribution in [0.1, 0.15) is 33.1 Å². The lowest BCUT2D eigenvalue weighted by molar-refractivity contribution is -0.147. The fraction of sp³-hybridized carbons (Fsp3) is 0.917. The van der Waals surface area contributed by atoms with Crippen LogP contribution in [-0.4, -0.2) is 32.3 Å². The molecule has 0 aromatic carbocycles. The maximum absolute atomic E-state index is 11.5. The highest BCUT2D eigenvalue weighted by molar-refractivity contribution is 5.70. The van der Waals surface area contributed by atoms with Gasteiger partial charge in [0.15, 0.2) is 0 Å². The molecule has 0 aliphatic heterocycles. The van der Waals surface area contributed by atoms with Gasteiger partial charge in [0, 0.05) is 18.1 Å². The van der Waals surface area contributed by atoms with Crippen molar-refractivity contribution in [2.75, 3.05) is 20.8 Å². The molecule has 0 aromatic rings. The Morgan fingerprint density at radius 3 is 2.25 bits per heavy atom. The van der Waals surface area contributed by atoms with Crippen molar-refractivity contribution in [1.82, 2.24) is 0 Å². The lowest BCUT2D eigenvalue weighted by Gasteiger charge is -2.44. The Balaban J connectivity index is 2.92. The van der Waals surface area contributed by atoms with Gasteiger partial charge in [-0.05, 0) is 32.6 Å². The zero-order valence-electron chi connectivity index (χ0n) is 10.7. The molecule has 0 aromatic heterocycles. The Morgan fingerprint density at radius 1 is 1.38 bits per heavy atom. The van der Waals surface area contributed by atoms with Crippen molar-refractivity contribution in [1.29, 1.82) is 0 Å². The molecule has 1 aliphatic rings. The number of hydrogen-bond donors (Lipinski definition) is 1. The van der Waals surface area contributed by atoms with Gasteiger partial charge in [0.1, 0.15) is 0 Å². The second-order valence-corrected chi connectivity index (χ2v) is 5.34. The van der Waals surface area contributed by atoms with Gasteiger partial charge in [-0.15, -0.1) is 0 Å². The summed E-state index contributed by atoms with van der Waals surface area (Å²) < 4.78 is 10.1. The molecule has 94 valence electrons. The van der Waals surface area contributed by atoms with Gasteiger partial charge in [-0.1, -0.05) is 0 Å². The molecule has 1 rings (SSSR count). The number of methoxy groups -OCH3 is 2. The molecule has 1 atom stereocenters. The maximum Gasteiger partial charge on any atom is 0.306 e. The highest BCUT2D eigenvalue weighted by atomic mass is 16.5. The summed E-state index contributed by atoms with van der Waals surface area (Å²) >= 11 is 0. The summed E-state index contributed by atoms with van der Waals surface area (Å²) in [6, 6.07) is 0. The molecule has 16 heavy (non-hydrogen) atoms. The smallest absolute Gasteiger partial charge is 0.306 e. The first-order chi connectivity index (χ1) is 7.37. The summed E-state index contributed by atoms with van der Waals surface area (Å²) in [5.74, 6) is 0.272. The summed E-state index contributed by atoms with van der Waals surface area (Å²) in [5.41, 5.74) is 5.51. The Hall–Kier alpha value is -0.610. The van der Waals surface area contributed by atoms with Crippen LogP contribution in [0, 0.1) is 11.3 Å². The summed E-state index contributed by atoms with van der Waals surface area (Å²) in [5, 5.41) is 0. The number of rotatable bonds is 6. The number of hydrogen-bond acceptors (Lipinski definition) is 4. The molecular formula is C12H23NO3. The number of ether oxygens (including phenoxy) is 2. The third-order valence-electron chi connectivity index (χ3n) is 3.73. The molecule has 1 aliphatic carbocycles. The van der Waals surface area contributed by atoms with Crippen LogP contribution in [0.15, 0.2) is 0 Å². The lowest BCUT2D eigenvalue weighted by Crippen LogP contribution is -2.55. The van der Waals surface area contributed by atoms with E-state index in [-0.39, 0.29) is 11.4 Å². The van der Waals surface area contributed by atoms with Crippen LogP contribution in [0.2, 0.25) is 0 Å². The minimum atomic E-state index is -0.446. The number of carbonyl (C=O) groups is 1. The molecule has 0 bridgehead atoms. The molecule has 0 radical (unpaired) electrons. The molecule has 1 saturated carbocycles. The van der Waals surface area contributed by atoms with Crippen LogP contribution in [0.25, 0.3) is 0 Å². The van der Waals surface area contributed by atoms with Gasteiger partial charge in [0.2, 0.25) is 0 Å². The van der Waals surface area contributed by atoms with Gasteiger partial charge >= 0.3 is 5.97 Å². The second kappa shape index (κ2) is 4.72. The standard InChI is InChI=1S/C12H23NO3/c1-11(2,13)12(8-15-3,9-5-6-9)7-10(14)16-4/h9H,5-8,13H2,1-4H3. The summed E-state index contributed by atoms with van der Waals surface area (Å²) in [7, 11) is 3.07. The Kier molecular flexibility index (Phi) is 3.97. The SMILES string of the molecule is COCC(CC(=O)OC)(C1CC1)C(C)(C)N. The van der Waals surface area contributed by atoms with Crippen molar-refractivity contribution in [2.24, 2.45) is 17.1 Å². The molecule has 2 N–H and O–H groups in total.